The molecule has 0 aliphatic carbocycles. The summed E-state index contributed by atoms with van der Waals surface area (Å²) >= 11 is 0. The Balaban J connectivity index is 3.14. The lowest BCUT2D eigenvalue weighted by Gasteiger charge is -2.21. The Morgan fingerprint density at radius 2 is 1.92 bits per heavy atom. The predicted octanol–water partition coefficient (Wildman–Crippen LogP) is 1.19. The van der Waals surface area contributed by atoms with Crippen molar-refractivity contribution in [2.24, 2.45) is 0 Å². The lowest BCUT2D eigenvalue weighted by Crippen LogP contribution is -2.42. The highest BCUT2D eigenvalue weighted by molar-refractivity contribution is 7.89. The van der Waals surface area contributed by atoms with Crippen molar-refractivity contribution in [3.63, 3.8) is 0 Å². The van der Waals surface area contributed by atoms with Crippen molar-refractivity contribution in [3.05, 3.63) is 18.2 Å². The minimum atomic E-state index is -3.88. The maximum Gasteiger partial charge on any atom is 0.243 e. The molecule has 0 bridgehead atoms. The standard InChI is InChI=1S/C16H25N3O5S/c1-6-19(10-16(21)17-11(2)3)25(22,23)13-7-8-14(18-12(4)20)15(9-13)24-5/h7-9,11H,6,10H2,1-5H3,(H,17,21)(H,18,20). The molecule has 1 rings (SSSR count). The Kier molecular flexibility index (Phi) is 7.38. The van der Waals surface area contributed by atoms with E-state index in [4.69, 9.17) is 4.74 Å². The second-order valence-electron chi connectivity index (χ2n) is 5.70. The molecule has 0 spiro atoms. The SMILES string of the molecule is CCN(CC(=O)NC(C)C)S(=O)(=O)c1ccc(NC(C)=O)c(OC)c1. The average molecular weight is 371 g/mol. The summed E-state index contributed by atoms with van der Waals surface area (Å²) < 4.78 is 31.8. The van der Waals surface area contributed by atoms with Gasteiger partial charge in [-0.2, -0.15) is 4.31 Å². The molecule has 25 heavy (non-hydrogen) atoms. The van der Waals surface area contributed by atoms with Gasteiger partial charge in [0.1, 0.15) is 5.75 Å². The third-order valence-electron chi connectivity index (χ3n) is 3.24. The zero-order valence-corrected chi connectivity index (χ0v) is 15.9. The quantitative estimate of drug-likeness (QED) is 0.714. The smallest absolute Gasteiger partial charge is 0.243 e. The van der Waals surface area contributed by atoms with E-state index in [9.17, 15) is 18.0 Å². The fourth-order valence-electron chi connectivity index (χ4n) is 2.17. The Morgan fingerprint density at radius 3 is 2.40 bits per heavy atom. The van der Waals surface area contributed by atoms with E-state index in [-0.39, 0.29) is 41.6 Å². The van der Waals surface area contributed by atoms with Crippen LogP contribution in [0.2, 0.25) is 0 Å². The highest BCUT2D eigenvalue weighted by Gasteiger charge is 2.26. The molecule has 0 aromatic heterocycles. The van der Waals surface area contributed by atoms with Gasteiger partial charge in [0.05, 0.1) is 24.2 Å². The van der Waals surface area contributed by atoms with E-state index in [1.165, 1.54) is 32.2 Å². The molecule has 0 radical (unpaired) electrons. The first kappa shape index (κ1) is 20.9. The van der Waals surface area contributed by atoms with Crippen LogP contribution in [0.25, 0.3) is 0 Å². The van der Waals surface area contributed by atoms with Crippen LogP contribution in [0.1, 0.15) is 27.7 Å². The number of hydrogen-bond acceptors (Lipinski definition) is 5. The first-order valence-corrected chi connectivity index (χ1v) is 9.31. The lowest BCUT2D eigenvalue weighted by molar-refractivity contribution is -0.121. The van der Waals surface area contributed by atoms with Gasteiger partial charge in [-0.15, -0.1) is 0 Å². The van der Waals surface area contributed by atoms with E-state index < -0.39 is 10.0 Å². The van der Waals surface area contributed by atoms with Crippen LogP contribution in [-0.2, 0) is 19.6 Å². The maximum atomic E-state index is 12.8. The van der Waals surface area contributed by atoms with Gasteiger partial charge in [-0.25, -0.2) is 8.42 Å². The van der Waals surface area contributed by atoms with Crippen molar-refractivity contribution in [1.29, 1.82) is 0 Å². The van der Waals surface area contributed by atoms with Crippen LogP contribution in [0.4, 0.5) is 5.69 Å². The van der Waals surface area contributed by atoms with Crippen LogP contribution in [0.3, 0.4) is 0 Å². The molecule has 0 aliphatic rings. The van der Waals surface area contributed by atoms with Crippen LogP contribution >= 0.6 is 0 Å². The molecule has 2 amide bonds. The number of anilines is 1. The molecule has 0 fully saturated rings. The molecule has 0 atom stereocenters. The zero-order chi connectivity index (χ0) is 19.2. The van der Waals surface area contributed by atoms with Crippen LogP contribution < -0.4 is 15.4 Å². The minimum absolute atomic E-state index is 0.0161. The topological polar surface area (TPSA) is 105 Å². The molecule has 0 heterocycles. The van der Waals surface area contributed by atoms with Crippen molar-refractivity contribution in [1.82, 2.24) is 9.62 Å². The zero-order valence-electron chi connectivity index (χ0n) is 15.1. The number of benzene rings is 1. The molecule has 0 unspecified atom stereocenters. The number of amides is 2. The number of nitrogens with one attached hydrogen (secondary N) is 2. The minimum Gasteiger partial charge on any atom is -0.495 e. The van der Waals surface area contributed by atoms with Crippen molar-refractivity contribution in [2.45, 2.75) is 38.6 Å². The molecule has 0 saturated heterocycles. The van der Waals surface area contributed by atoms with Gasteiger partial charge in [0.2, 0.25) is 21.8 Å². The number of carbonyl (C=O) groups excluding carboxylic acids is 2. The molecular formula is C16H25N3O5S. The summed E-state index contributed by atoms with van der Waals surface area (Å²) in [5.41, 5.74) is 0.370. The molecule has 8 nitrogen and oxygen atoms in total. The first-order valence-electron chi connectivity index (χ1n) is 7.87. The molecule has 1 aromatic rings. The molecule has 0 saturated carbocycles. The molecule has 9 heteroatoms. The Bertz CT molecular complexity index is 731. The van der Waals surface area contributed by atoms with Gasteiger partial charge < -0.3 is 15.4 Å². The number of sulfonamides is 1. The predicted molar refractivity (Wildman–Crippen MR) is 95.0 cm³/mol. The van der Waals surface area contributed by atoms with E-state index >= 15 is 0 Å². The van der Waals surface area contributed by atoms with Gasteiger partial charge in [-0.1, -0.05) is 6.92 Å². The molecule has 140 valence electrons. The summed E-state index contributed by atoms with van der Waals surface area (Å²) in [5.74, 6) is -0.448. The van der Waals surface area contributed by atoms with E-state index in [1.54, 1.807) is 20.8 Å². The van der Waals surface area contributed by atoms with Crippen molar-refractivity contribution < 1.29 is 22.7 Å². The van der Waals surface area contributed by atoms with Crippen molar-refractivity contribution in [2.75, 3.05) is 25.5 Å². The molecular weight excluding hydrogens is 346 g/mol. The van der Waals surface area contributed by atoms with Gasteiger partial charge in [-0.05, 0) is 26.0 Å². The van der Waals surface area contributed by atoms with E-state index in [0.717, 1.165) is 4.31 Å². The van der Waals surface area contributed by atoms with Crippen LogP contribution in [-0.4, -0.2) is 50.8 Å². The van der Waals surface area contributed by atoms with Crippen molar-refractivity contribution >= 4 is 27.5 Å². The Hall–Kier alpha value is -2.13. The largest absolute Gasteiger partial charge is 0.495 e. The highest BCUT2D eigenvalue weighted by atomic mass is 32.2. The first-order chi connectivity index (χ1) is 11.6. The summed E-state index contributed by atoms with van der Waals surface area (Å²) in [5, 5.41) is 5.23. The fourth-order valence-corrected chi connectivity index (χ4v) is 3.59. The van der Waals surface area contributed by atoms with Gasteiger partial charge in [0.25, 0.3) is 0 Å². The summed E-state index contributed by atoms with van der Waals surface area (Å²) in [7, 11) is -2.50. The number of nitrogens with zero attached hydrogens (tertiary/aromatic N) is 1. The second kappa shape index (κ2) is 8.82. The average Bonchev–Trinajstić information content (AvgIpc) is 2.51. The van der Waals surface area contributed by atoms with Gasteiger partial charge >= 0.3 is 0 Å². The second-order valence-corrected chi connectivity index (χ2v) is 7.63. The van der Waals surface area contributed by atoms with E-state index in [1.807, 2.05) is 0 Å². The summed E-state index contributed by atoms with van der Waals surface area (Å²) in [6.45, 7) is 6.47. The fraction of sp³-hybridized carbons (Fsp3) is 0.500. The van der Waals surface area contributed by atoms with Gasteiger partial charge in [0, 0.05) is 25.6 Å². The Morgan fingerprint density at radius 1 is 1.28 bits per heavy atom. The van der Waals surface area contributed by atoms with Gasteiger partial charge in [0.15, 0.2) is 0 Å². The van der Waals surface area contributed by atoms with Crippen molar-refractivity contribution in [3.8, 4) is 5.75 Å². The number of hydrogen-bond donors (Lipinski definition) is 2. The van der Waals surface area contributed by atoms with Gasteiger partial charge in [-0.3, -0.25) is 9.59 Å². The van der Waals surface area contributed by atoms with E-state index in [0.29, 0.717) is 5.69 Å². The van der Waals surface area contributed by atoms with Crippen LogP contribution in [0.15, 0.2) is 23.1 Å². The molecule has 2 N–H and O–H groups in total. The number of rotatable bonds is 8. The molecule has 1 aromatic carbocycles. The third-order valence-corrected chi connectivity index (χ3v) is 5.16. The summed E-state index contributed by atoms with van der Waals surface area (Å²) in [6.07, 6.45) is 0. The molecule has 0 aliphatic heterocycles. The maximum absolute atomic E-state index is 12.8. The number of methoxy groups -OCH3 is 1. The summed E-state index contributed by atoms with van der Waals surface area (Å²) in [6, 6.07) is 4.07. The number of carbonyl (C=O) groups is 2. The normalized spacial score (nSPS) is 11.5. The monoisotopic (exact) mass is 371 g/mol. The Labute approximate surface area is 148 Å². The highest BCUT2D eigenvalue weighted by Crippen LogP contribution is 2.29. The lowest BCUT2D eigenvalue weighted by atomic mass is 10.3. The summed E-state index contributed by atoms with van der Waals surface area (Å²) in [4.78, 5) is 23.1. The van der Waals surface area contributed by atoms with E-state index in [2.05, 4.69) is 10.6 Å². The number of likely N-dealkylation sites (N-methyl/N-ethyl adjacent to an activating group) is 1. The van der Waals surface area contributed by atoms with Crippen LogP contribution in [0.5, 0.6) is 5.75 Å². The third kappa shape index (κ3) is 5.71. The van der Waals surface area contributed by atoms with Crippen LogP contribution in [0, 0.1) is 0 Å². The number of ether oxygens (including phenoxy) is 1.